The largest absolute Gasteiger partial charge is 0.505 e. The zero-order valence-electron chi connectivity index (χ0n) is 18.6. The molecule has 0 unspecified atom stereocenters. The predicted octanol–water partition coefficient (Wildman–Crippen LogP) is 4.31. The molecule has 3 aromatic heterocycles. The van der Waals surface area contributed by atoms with E-state index < -0.39 is 27.2 Å². The van der Waals surface area contributed by atoms with E-state index in [2.05, 4.69) is 20.3 Å². The van der Waals surface area contributed by atoms with Gasteiger partial charge in [0.25, 0.3) is 0 Å². The first-order valence-corrected chi connectivity index (χ1v) is 12.5. The van der Waals surface area contributed by atoms with Crippen LogP contribution in [-0.4, -0.2) is 45.2 Å². The molecule has 36 heavy (non-hydrogen) atoms. The summed E-state index contributed by atoms with van der Waals surface area (Å²) in [6.07, 6.45) is 4.91. The summed E-state index contributed by atoms with van der Waals surface area (Å²) < 4.78 is 58.6. The Balaban J connectivity index is 1.35. The number of phenolic OH excluding ortho intramolecular Hbond substituents is 1. The van der Waals surface area contributed by atoms with Gasteiger partial charge >= 0.3 is 5.84 Å². The second-order valence-corrected chi connectivity index (χ2v) is 9.96. The van der Waals surface area contributed by atoms with Gasteiger partial charge in [0.1, 0.15) is 23.5 Å². The Morgan fingerprint density at radius 2 is 1.86 bits per heavy atom. The second-order valence-electron chi connectivity index (χ2n) is 7.85. The molecule has 5 aromatic rings. The van der Waals surface area contributed by atoms with Gasteiger partial charge in [0.2, 0.25) is 5.95 Å². The number of nitrogens with zero attached hydrogens (tertiary/aromatic N) is 4. The van der Waals surface area contributed by atoms with Crippen LogP contribution < -0.4 is 5.32 Å². The molecule has 9 nitrogen and oxygen atoms in total. The van der Waals surface area contributed by atoms with Crippen LogP contribution in [0.3, 0.4) is 0 Å². The number of sulfone groups is 1. The van der Waals surface area contributed by atoms with E-state index in [1.165, 1.54) is 36.7 Å². The summed E-state index contributed by atoms with van der Waals surface area (Å²) in [6, 6.07) is 10.3. The van der Waals surface area contributed by atoms with Crippen molar-refractivity contribution < 1.29 is 26.7 Å². The van der Waals surface area contributed by atoms with Gasteiger partial charge in [-0.25, -0.2) is 27.2 Å². The topological polar surface area (TPSA) is 123 Å². The number of oxazole rings is 1. The van der Waals surface area contributed by atoms with E-state index in [9.17, 15) is 22.3 Å². The van der Waals surface area contributed by atoms with Gasteiger partial charge in [0.15, 0.2) is 21.4 Å². The van der Waals surface area contributed by atoms with E-state index in [-0.39, 0.29) is 35.4 Å². The SMILES string of the molecule is O=S(=O)(CCCNc1nccc(-c2c(-c3ccc(F)c(O)c3)nc3occn23)n1)c1ccc(F)cc1. The van der Waals surface area contributed by atoms with Crippen LogP contribution in [0.25, 0.3) is 28.5 Å². The fourth-order valence-corrected chi connectivity index (χ4v) is 5.00. The van der Waals surface area contributed by atoms with Crippen LogP contribution >= 0.6 is 0 Å². The van der Waals surface area contributed by atoms with Gasteiger partial charge in [-0.3, -0.25) is 4.40 Å². The smallest absolute Gasteiger partial charge is 0.306 e. The number of anilines is 1. The third-order valence-corrected chi connectivity index (χ3v) is 7.24. The summed E-state index contributed by atoms with van der Waals surface area (Å²) in [5, 5.41) is 12.8. The molecule has 0 saturated carbocycles. The minimum atomic E-state index is -3.55. The Bertz CT molecular complexity index is 1650. The standard InChI is InChI=1S/C24H19F2N5O4S/c25-16-3-5-17(6-4-16)36(33,34)13-1-9-27-23-28-10-8-19(29-23)22-21(30-24-31(22)11-12-35-24)15-2-7-18(26)20(32)14-15/h2-8,10-12,14,32H,1,9,13H2,(H,27,28,29). The number of hydrogen-bond donors (Lipinski definition) is 2. The third kappa shape index (κ3) is 4.62. The molecule has 0 bridgehead atoms. The molecule has 2 N–H and O–H groups in total. The van der Waals surface area contributed by atoms with E-state index in [0.29, 0.717) is 22.6 Å². The highest BCUT2D eigenvalue weighted by Crippen LogP contribution is 2.34. The maximum atomic E-state index is 13.6. The first-order chi connectivity index (χ1) is 17.3. The highest BCUT2D eigenvalue weighted by molar-refractivity contribution is 7.91. The number of aromatic hydroxyl groups is 1. The maximum Gasteiger partial charge on any atom is 0.306 e. The van der Waals surface area contributed by atoms with Crippen LogP contribution in [-0.2, 0) is 9.84 Å². The van der Waals surface area contributed by atoms with Crippen molar-refractivity contribution in [2.75, 3.05) is 17.6 Å². The summed E-state index contributed by atoms with van der Waals surface area (Å²) in [5.41, 5.74) is 1.88. The summed E-state index contributed by atoms with van der Waals surface area (Å²) in [6.45, 7) is 0.274. The lowest BCUT2D eigenvalue weighted by Gasteiger charge is -2.08. The molecular formula is C24H19F2N5O4S. The quantitative estimate of drug-likeness (QED) is 0.233. The molecule has 0 aliphatic carbocycles. The molecule has 0 aliphatic heterocycles. The Hall–Kier alpha value is -4.32. The van der Waals surface area contributed by atoms with Crippen LogP contribution in [0, 0.1) is 11.6 Å². The zero-order chi connectivity index (χ0) is 25.3. The number of imidazole rings is 1. The number of hydrogen-bond acceptors (Lipinski definition) is 8. The van der Waals surface area contributed by atoms with E-state index in [0.717, 1.165) is 18.2 Å². The number of nitrogens with one attached hydrogen (secondary N) is 1. The van der Waals surface area contributed by atoms with Crippen molar-refractivity contribution in [3.8, 4) is 28.4 Å². The number of aromatic nitrogens is 4. The minimum absolute atomic E-state index is 0.0615. The van der Waals surface area contributed by atoms with Gasteiger partial charge in [-0.15, -0.1) is 0 Å². The van der Waals surface area contributed by atoms with E-state index in [1.54, 1.807) is 16.7 Å². The number of rotatable bonds is 8. The molecule has 0 spiro atoms. The summed E-state index contributed by atoms with van der Waals surface area (Å²) in [7, 11) is -3.55. The van der Waals surface area contributed by atoms with Crippen molar-refractivity contribution in [3.05, 3.63) is 78.8 Å². The Morgan fingerprint density at radius 3 is 2.64 bits per heavy atom. The number of benzene rings is 2. The number of fused-ring (bicyclic) bond motifs is 1. The molecule has 5 rings (SSSR count). The fourth-order valence-electron chi connectivity index (χ4n) is 3.69. The number of phenols is 1. The van der Waals surface area contributed by atoms with E-state index in [1.807, 2.05) is 0 Å². The normalized spacial score (nSPS) is 11.7. The summed E-state index contributed by atoms with van der Waals surface area (Å²) >= 11 is 0. The summed E-state index contributed by atoms with van der Waals surface area (Å²) in [5.74, 6) is -1.36. The van der Waals surface area contributed by atoms with Gasteiger partial charge in [-0.1, -0.05) is 0 Å². The predicted molar refractivity (Wildman–Crippen MR) is 127 cm³/mol. The first kappa shape index (κ1) is 23.4. The Labute approximate surface area is 204 Å². The van der Waals surface area contributed by atoms with Crippen molar-refractivity contribution in [1.29, 1.82) is 0 Å². The second kappa shape index (κ2) is 9.38. The number of halogens is 2. The average molecular weight is 512 g/mol. The molecule has 0 amide bonds. The molecule has 2 aromatic carbocycles. The first-order valence-electron chi connectivity index (χ1n) is 10.8. The van der Waals surface area contributed by atoms with Crippen molar-refractivity contribution in [2.45, 2.75) is 11.3 Å². The lowest BCUT2D eigenvalue weighted by atomic mass is 10.1. The average Bonchev–Trinajstić information content (AvgIpc) is 3.46. The highest BCUT2D eigenvalue weighted by Gasteiger charge is 2.20. The molecule has 3 heterocycles. The van der Waals surface area contributed by atoms with Crippen LogP contribution in [0.4, 0.5) is 14.7 Å². The zero-order valence-corrected chi connectivity index (χ0v) is 19.4. The molecule has 0 atom stereocenters. The van der Waals surface area contributed by atoms with Crippen LogP contribution in [0.5, 0.6) is 5.75 Å². The Morgan fingerprint density at radius 1 is 1.06 bits per heavy atom. The van der Waals surface area contributed by atoms with Crippen LogP contribution in [0.15, 0.2) is 76.5 Å². The molecule has 184 valence electrons. The molecule has 0 fully saturated rings. The van der Waals surface area contributed by atoms with Crippen LogP contribution in [0.1, 0.15) is 6.42 Å². The van der Waals surface area contributed by atoms with E-state index >= 15 is 0 Å². The van der Waals surface area contributed by atoms with Crippen molar-refractivity contribution in [3.63, 3.8) is 0 Å². The molecular weight excluding hydrogens is 492 g/mol. The monoisotopic (exact) mass is 511 g/mol. The van der Waals surface area contributed by atoms with Gasteiger partial charge in [0, 0.05) is 24.5 Å². The lowest BCUT2D eigenvalue weighted by molar-refractivity contribution is 0.432. The van der Waals surface area contributed by atoms with E-state index in [4.69, 9.17) is 4.42 Å². The summed E-state index contributed by atoms with van der Waals surface area (Å²) in [4.78, 5) is 13.2. The Kier molecular flexibility index (Phi) is 6.10. The maximum absolute atomic E-state index is 13.6. The fraction of sp³-hybridized carbons (Fsp3) is 0.125. The van der Waals surface area contributed by atoms with Gasteiger partial charge in [-0.2, -0.15) is 4.98 Å². The van der Waals surface area contributed by atoms with Crippen LogP contribution in [0.2, 0.25) is 0 Å². The van der Waals surface area contributed by atoms with Crippen molar-refractivity contribution in [2.24, 2.45) is 0 Å². The lowest BCUT2D eigenvalue weighted by Crippen LogP contribution is -2.13. The molecule has 12 heteroatoms. The molecule has 0 aliphatic rings. The van der Waals surface area contributed by atoms with Gasteiger partial charge < -0.3 is 14.8 Å². The van der Waals surface area contributed by atoms with Gasteiger partial charge in [-0.05, 0) is 55.0 Å². The van der Waals surface area contributed by atoms with Crippen molar-refractivity contribution >= 4 is 21.6 Å². The minimum Gasteiger partial charge on any atom is -0.505 e. The molecule has 0 saturated heterocycles. The highest BCUT2D eigenvalue weighted by atomic mass is 32.2. The molecule has 0 radical (unpaired) electrons. The third-order valence-electron chi connectivity index (χ3n) is 5.43. The van der Waals surface area contributed by atoms with Gasteiger partial charge in [0.05, 0.1) is 16.3 Å². The van der Waals surface area contributed by atoms with Crippen molar-refractivity contribution in [1.82, 2.24) is 19.4 Å².